The van der Waals surface area contributed by atoms with Crippen molar-refractivity contribution in [3.63, 3.8) is 0 Å². The van der Waals surface area contributed by atoms with Crippen molar-refractivity contribution in [1.29, 1.82) is 0 Å². The lowest BCUT2D eigenvalue weighted by Crippen LogP contribution is -2.37. The van der Waals surface area contributed by atoms with Crippen molar-refractivity contribution in [3.8, 4) is 0 Å². The molecule has 7 heteroatoms. The fourth-order valence-electron chi connectivity index (χ4n) is 2.80. The summed E-state index contributed by atoms with van der Waals surface area (Å²) in [5.41, 5.74) is 1.40. The van der Waals surface area contributed by atoms with Crippen molar-refractivity contribution in [2.45, 2.75) is 19.0 Å². The van der Waals surface area contributed by atoms with E-state index in [9.17, 15) is 13.6 Å². The van der Waals surface area contributed by atoms with Crippen molar-refractivity contribution in [1.82, 2.24) is 5.32 Å². The number of thiocarbonyl (C=S) groups is 1. The zero-order valence-electron chi connectivity index (χ0n) is 10.9. The van der Waals surface area contributed by atoms with Gasteiger partial charge in [0.2, 0.25) is 10.2 Å². The lowest BCUT2D eigenvalue weighted by Gasteiger charge is -2.22. The van der Waals surface area contributed by atoms with E-state index in [1.807, 2.05) is 11.0 Å². The van der Waals surface area contributed by atoms with Crippen LogP contribution in [0.2, 0.25) is 0 Å². The highest BCUT2D eigenvalue weighted by molar-refractivity contribution is 7.98. The van der Waals surface area contributed by atoms with Gasteiger partial charge in [-0.3, -0.25) is 4.79 Å². The van der Waals surface area contributed by atoms with Gasteiger partial charge in [-0.25, -0.2) is 0 Å². The van der Waals surface area contributed by atoms with Crippen LogP contribution in [0.5, 0.6) is 0 Å². The van der Waals surface area contributed by atoms with Crippen LogP contribution in [0.25, 0.3) is 0 Å². The third-order valence-electron chi connectivity index (χ3n) is 3.73. The van der Waals surface area contributed by atoms with Gasteiger partial charge in [0.05, 0.1) is 0 Å². The Hall–Kier alpha value is -1.31. The molecule has 3 atom stereocenters. The first-order valence-corrected chi connectivity index (χ1v) is 8.56. The maximum Gasteiger partial charge on any atom is 0.218 e. The molecule has 106 valence electrons. The predicted octanol–water partition coefficient (Wildman–Crippen LogP) is 1.31. The van der Waals surface area contributed by atoms with Gasteiger partial charge in [0.15, 0.2) is 22.4 Å². The molecule has 2 aliphatic heterocycles. The Labute approximate surface area is 123 Å². The second kappa shape index (κ2) is 4.61. The van der Waals surface area contributed by atoms with E-state index in [0.29, 0.717) is 10.7 Å². The number of rotatable bonds is 2. The van der Waals surface area contributed by atoms with Gasteiger partial charge in [-0.15, -0.1) is 0 Å². The second-order valence-electron chi connectivity index (χ2n) is 5.21. The summed E-state index contributed by atoms with van der Waals surface area (Å²) in [5.74, 6) is 0.411. The smallest absolute Gasteiger partial charge is 0.218 e. The third kappa shape index (κ3) is 2.25. The average Bonchev–Trinajstić information content (AvgIpc) is 2.79. The van der Waals surface area contributed by atoms with Gasteiger partial charge in [0, 0.05) is 11.3 Å². The van der Waals surface area contributed by atoms with E-state index >= 15 is 0 Å². The number of nitrogens with zero attached hydrogens (tertiary/aromatic N) is 1. The first kappa shape index (κ1) is 13.7. The number of Topliss-reactive ketones (excluding diaryl/α,β-unsaturated/α-hetero) is 1. The number of carbonyl (C=O) groups is 1. The fraction of sp³-hybridized carbons (Fsp3) is 0.385. The highest BCUT2D eigenvalue weighted by Crippen LogP contribution is 2.31. The molecule has 1 unspecified atom stereocenters. The standard InChI is InChI=1S/C13H14N2O3S2/c1-8(16)9-3-2-4-10(5-9)15-12-7-20(17,18)6-11(12)14-13(15)19/h2-5,11-12H,6-7H2,1H3,(H-,14,17,18,19)/p+1/t11-,12+/m1/s1. The van der Waals surface area contributed by atoms with Gasteiger partial charge >= 0.3 is 0 Å². The summed E-state index contributed by atoms with van der Waals surface area (Å²) < 4.78 is 21.6. The molecule has 2 saturated heterocycles. The number of fused-ring (bicyclic) bond motifs is 1. The number of benzene rings is 1. The maximum atomic E-state index is 11.8. The van der Waals surface area contributed by atoms with E-state index in [0.717, 1.165) is 5.69 Å². The van der Waals surface area contributed by atoms with Gasteiger partial charge in [-0.1, -0.05) is 16.3 Å². The normalized spacial score (nSPS) is 32.1. The minimum atomic E-state index is -2.78. The average molecular weight is 311 g/mol. The van der Waals surface area contributed by atoms with Crippen molar-refractivity contribution in [2.75, 3.05) is 16.4 Å². The van der Waals surface area contributed by atoms with Crippen LogP contribution in [-0.4, -0.2) is 39.0 Å². The zero-order chi connectivity index (χ0) is 14.5. The van der Waals surface area contributed by atoms with Gasteiger partial charge in [0.25, 0.3) is 0 Å². The molecule has 2 aliphatic rings. The number of ketones is 1. The van der Waals surface area contributed by atoms with Crippen molar-refractivity contribution >= 4 is 39.0 Å². The van der Waals surface area contributed by atoms with Crippen LogP contribution >= 0.6 is 12.2 Å². The molecule has 1 aromatic carbocycles. The summed E-state index contributed by atoms with van der Waals surface area (Å²) in [6, 6.07) is 6.96. The Kier molecular flexibility index (Phi) is 3.15. The maximum absolute atomic E-state index is 11.8. The third-order valence-corrected chi connectivity index (χ3v) is 5.78. The van der Waals surface area contributed by atoms with E-state index in [-0.39, 0.29) is 29.4 Å². The Morgan fingerprint density at radius 1 is 1.50 bits per heavy atom. The summed E-state index contributed by atoms with van der Waals surface area (Å²) in [6.45, 7) is 1.51. The molecule has 0 spiro atoms. The highest BCUT2D eigenvalue weighted by Gasteiger charge is 2.54. The van der Waals surface area contributed by atoms with E-state index in [4.69, 9.17) is 12.2 Å². The molecule has 2 heterocycles. The molecule has 0 aromatic heterocycles. The molecule has 20 heavy (non-hydrogen) atoms. The van der Waals surface area contributed by atoms with Crippen molar-refractivity contribution < 1.29 is 13.6 Å². The summed E-state index contributed by atoms with van der Waals surface area (Å²) in [5, 5.41) is 3.65. The van der Waals surface area contributed by atoms with Crippen molar-refractivity contribution in [3.05, 3.63) is 29.8 Å². The van der Waals surface area contributed by atoms with Crippen LogP contribution in [-0.2, 0) is 14.4 Å². The monoisotopic (exact) mass is 311 g/mol. The Morgan fingerprint density at radius 2 is 2.25 bits per heavy atom. The Bertz CT molecular complexity index is 646. The first-order chi connectivity index (χ1) is 9.37. The summed E-state index contributed by atoms with van der Waals surface area (Å²) in [7, 11) is -2.78. The summed E-state index contributed by atoms with van der Waals surface area (Å²) in [4.78, 5) is 13.3. The number of hydrogen-bond donors (Lipinski definition) is 2. The Morgan fingerprint density at radius 3 is 2.95 bits per heavy atom. The molecule has 3 rings (SSSR count). The molecular formula is C13H15N2O3S2+. The largest absolute Gasteiger partial charge is 0.352 e. The van der Waals surface area contributed by atoms with Gasteiger partial charge in [-0.2, -0.15) is 4.55 Å². The second-order valence-corrected chi connectivity index (χ2v) is 7.80. The number of carbonyl (C=O) groups excluding carboxylic acids is 1. The van der Waals surface area contributed by atoms with Gasteiger partial charge in [0.1, 0.15) is 12.1 Å². The molecular weight excluding hydrogens is 296 g/mol. The molecule has 0 bridgehead atoms. The van der Waals surface area contributed by atoms with Crippen LogP contribution in [0.1, 0.15) is 17.3 Å². The molecule has 0 saturated carbocycles. The van der Waals surface area contributed by atoms with Crippen LogP contribution in [0.15, 0.2) is 24.3 Å². The zero-order valence-corrected chi connectivity index (χ0v) is 12.5. The SMILES string of the molecule is CC(=O)c1cccc(N2C(=S)N[C@@H]3C[S+](=O)(O)C[C@@H]32)c1. The topological polar surface area (TPSA) is 69.6 Å². The lowest BCUT2D eigenvalue weighted by atomic mass is 10.1. The molecule has 2 N–H and O–H groups in total. The van der Waals surface area contributed by atoms with E-state index < -0.39 is 10.2 Å². The summed E-state index contributed by atoms with van der Waals surface area (Å²) in [6.07, 6.45) is 0. The minimum Gasteiger partial charge on any atom is -0.352 e. The van der Waals surface area contributed by atoms with E-state index in [1.165, 1.54) is 6.92 Å². The van der Waals surface area contributed by atoms with Gasteiger partial charge < -0.3 is 10.2 Å². The molecule has 0 aliphatic carbocycles. The van der Waals surface area contributed by atoms with Crippen LogP contribution in [0, 0.1) is 0 Å². The van der Waals surface area contributed by atoms with E-state index in [1.54, 1.807) is 18.2 Å². The highest BCUT2D eigenvalue weighted by atomic mass is 32.3. The lowest BCUT2D eigenvalue weighted by molar-refractivity contribution is 0.101. The summed E-state index contributed by atoms with van der Waals surface area (Å²) >= 11 is 5.32. The van der Waals surface area contributed by atoms with Crippen LogP contribution < -0.4 is 10.2 Å². The Balaban J connectivity index is 1.97. The predicted molar refractivity (Wildman–Crippen MR) is 82.6 cm³/mol. The quantitative estimate of drug-likeness (QED) is 0.487. The van der Waals surface area contributed by atoms with Crippen LogP contribution in [0.4, 0.5) is 5.69 Å². The van der Waals surface area contributed by atoms with E-state index in [2.05, 4.69) is 5.32 Å². The van der Waals surface area contributed by atoms with Gasteiger partial charge in [-0.05, 0) is 31.3 Å². The number of nitrogens with one attached hydrogen (secondary N) is 1. The minimum absolute atomic E-state index is 0.0150. The van der Waals surface area contributed by atoms with Crippen molar-refractivity contribution in [2.24, 2.45) is 0 Å². The molecule has 2 fully saturated rings. The first-order valence-electron chi connectivity index (χ1n) is 6.30. The van der Waals surface area contributed by atoms with Crippen LogP contribution in [0.3, 0.4) is 0 Å². The number of hydrogen-bond acceptors (Lipinski definition) is 3. The molecule has 1 aromatic rings. The fourth-order valence-corrected chi connectivity index (χ4v) is 5.11. The molecule has 5 nitrogen and oxygen atoms in total. The number of anilines is 1. The molecule has 0 radical (unpaired) electrons. The molecule has 0 amide bonds.